The molecule has 10 aromatic rings. The van der Waals surface area contributed by atoms with Crippen LogP contribution in [0.25, 0.3) is 97.5 Å². The molecule has 0 unspecified atom stereocenters. The molecular formula is C46H28N2S. The maximum Gasteiger partial charge on any atom is 0.161 e. The van der Waals surface area contributed by atoms with Crippen LogP contribution in [0.5, 0.6) is 0 Å². The monoisotopic (exact) mass is 640 g/mol. The third kappa shape index (κ3) is 4.62. The number of rotatable bonds is 4. The molecule has 0 spiro atoms. The fourth-order valence-corrected chi connectivity index (χ4v) is 8.58. The molecule has 2 aromatic heterocycles. The van der Waals surface area contributed by atoms with Crippen LogP contribution in [-0.4, -0.2) is 9.97 Å². The average molecular weight is 641 g/mol. The summed E-state index contributed by atoms with van der Waals surface area (Å²) in [6.07, 6.45) is 0. The van der Waals surface area contributed by atoms with Crippen LogP contribution in [0, 0.1) is 0 Å². The Morgan fingerprint density at radius 1 is 0.367 bits per heavy atom. The van der Waals surface area contributed by atoms with Crippen molar-refractivity contribution in [3.63, 3.8) is 0 Å². The SMILES string of the molecule is c1ccc(-c2cc(-c3cccc(-c4cccc5c4sc4ccccc45)c3)nc(-c3c4ccccc4cc4c3ccc3ccccc34)n2)cc1. The van der Waals surface area contributed by atoms with E-state index in [-0.39, 0.29) is 0 Å². The second kappa shape index (κ2) is 11.2. The number of hydrogen-bond acceptors (Lipinski definition) is 3. The van der Waals surface area contributed by atoms with Gasteiger partial charge >= 0.3 is 0 Å². The van der Waals surface area contributed by atoms with Gasteiger partial charge in [0.05, 0.1) is 11.4 Å². The summed E-state index contributed by atoms with van der Waals surface area (Å²) >= 11 is 1.86. The Bertz CT molecular complexity index is 2890. The third-order valence-corrected chi connectivity index (χ3v) is 10.9. The fourth-order valence-electron chi connectivity index (χ4n) is 7.35. The molecule has 2 heterocycles. The molecular weight excluding hydrogens is 613 g/mol. The normalized spacial score (nSPS) is 11.7. The van der Waals surface area contributed by atoms with E-state index in [0.29, 0.717) is 0 Å². The van der Waals surface area contributed by atoms with Gasteiger partial charge in [0.15, 0.2) is 5.82 Å². The molecule has 2 nitrogen and oxygen atoms in total. The van der Waals surface area contributed by atoms with Crippen LogP contribution in [0.3, 0.4) is 0 Å². The summed E-state index contributed by atoms with van der Waals surface area (Å²) < 4.78 is 2.62. The van der Waals surface area contributed by atoms with Gasteiger partial charge < -0.3 is 0 Å². The molecule has 228 valence electrons. The Morgan fingerprint density at radius 3 is 1.90 bits per heavy atom. The summed E-state index contributed by atoms with van der Waals surface area (Å²) in [5.74, 6) is 0.727. The van der Waals surface area contributed by atoms with E-state index in [9.17, 15) is 0 Å². The highest BCUT2D eigenvalue weighted by atomic mass is 32.1. The van der Waals surface area contributed by atoms with Gasteiger partial charge in [-0.25, -0.2) is 9.97 Å². The summed E-state index contributed by atoms with van der Waals surface area (Å²) in [6, 6.07) is 60.8. The van der Waals surface area contributed by atoms with Gasteiger partial charge in [0.25, 0.3) is 0 Å². The molecule has 0 aliphatic carbocycles. The van der Waals surface area contributed by atoms with E-state index in [0.717, 1.165) is 44.7 Å². The van der Waals surface area contributed by atoms with Gasteiger partial charge in [-0.15, -0.1) is 11.3 Å². The van der Waals surface area contributed by atoms with Crippen LogP contribution >= 0.6 is 11.3 Å². The molecule has 0 saturated carbocycles. The number of benzene rings is 8. The van der Waals surface area contributed by atoms with Crippen LogP contribution < -0.4 is 0 Å². The van der Waals surface area contributed by atoms with Crippen molar-refractivity contribution in [2.45, 2.75) is 0 Å². The molecule has 0 bridgehead atoms. The van der Waals surface area contributed by atoms with Gasteiger partial charge in [0.1, 0.15) is 0 Å². The van der Waals surface area contributed by atoms with Gasteiger partial charge in [-0.1, -0.05) is 146 Å². The zero-order valence-corrected chi connectivity index (χ0v) is 27.3. The molecule has 0 radical (unpaired) electrons. The van der Waals surface area contributed by atoms with Crippen molar-refractivity contribution in [2.75, 3.05) is 0 Å². The van der Waals surface area contributed by atoms with E-state index in [1.807, 2.05) is 17.4 Å². The van der Waals surface area contributed by atoms with E-state index in [1.54, 1.807) is 0 Å². The smallest absolute Gasteiger partial charge is 0.161 e. The van der Waals surface area contributed by atoms with Crippen molar-refractivity contribution in [3.05, 3.63) is 170 Å². The van der Waals surface area contributed by atoms with E-state index in [4.69, 9.17) is 9.97 Å². The second-order valence-corrected chi connectivity index (χ2v) is 13.6. The zero-order chi connectivity index (χ0) is 32.3. The lowest BCUT2D eigenvalue weighted by Gasteiger charge is -2.15. The highest BCUT2D eigenvalue weighted by Crippen LogP contribution is 2.42. The molecule has 0 aliphatic heterocycles. The third-order valence-electron chi connectivity index (χ3n) is 9.66. The maximum absolute atomic E-state index is 5.40. The highest BCUT2D eigenvalue weighted by Gasteiger charge is 2.18. The number of thiophene rings is 1. The second-order valence-electron chi connectivity index (χ2n) is 12.5. The van der Waals surface area contributed by atoms with E-state index >= 15 is 0 Å². The minimum absolute atomic E-state index is 0.727. The quantitative estimate of drug-likeness (QED) is 0.141. The Labute approximate surface area is 287 Å². The summed E-state index contributed by atoms with van der Waals surface area (Å²) in [7, 11) is 0. The molecule has 49 heavy (non-hydrogen) atoms. The topological polar surface area (TPSA) is 25.8 Å². The molecule has 0 N–H and O–H groups in total. The van der Waals surface area contributed by atoms with Crippen molar-refractivity contribution in [2.24, 2.45) is 0 Å². The maximum atomic E-state index is 5.40. The fraction of sp³-hybridized carbons (Fsp3) is 0. The largest absolute Gasteiger partial charge is 0.228 e. The Kier molecular flexibility index (Phi) is 6.39. The predicted molar refractivity (Wildman–Crippen MR) is 209 cm³/mol. The predicted octanol–water partition coefficient (Wildman–Crippen LogP) is 13.0. The molecule has 0 aliphatic rings. The first-order valence-electron chi connectivity index (χ1n) is 16.6. The van der Waals surface area contributed by atoms with E-state index in [2.05, 4.69) is 164 Å². The summed E-state index contributed by atoms with van der Waals surface area (Å²) in [5.41, 5.74) is 7.41. The first-order valence-corrected chi connectivity index (χ1v) is 17.4. The van der Waals surface area contributed by atoms with Crippen molar-refractivity contribution in [3.8, 4) is 45.0 Å². The first kappa shape index (κ1) is 27.9. The number of fused-ring (bicyclic) bond motifs is 7. The van der Waals surface area contributed by atoms with Crippen LogP contribution in [0.2, 0.25) is 0 Å². The summed E-state index contributed by atoms with van der Waals surface area (Å²) in [4.78, 5) is 10.7. The van der Waals surface area contributed by atoms with Gasteiger partial charge in [0.2, 0.25) is 0 Å². The van der Waals surface area contributed by atoms with Crippen LogP contribution in [-0.2, 0) is 0 Å². The Morgan fingerprint density at radius 2 is 1.02 bits per heavy atom. The summed E-state index contributed by atoms with van der Waals surface area (Å²) in [5, 5.41) is 9.75. The molecule has 8 aromatic carbocycles. The molecule has 10 rings (SSSR count). The number of nitrogens with zero attached hydrogens (tertiary/aromatic N) is 2. The molecule has 0 saturated heterocycles. The number of aromatic nitrogens is 2. The van der Waals surface area contributed by atoms with Gasteiger partial charge in [-0.3, -0.25) is 0 Å². The zero-order valence-electron chi connectivity index (χ0n) is 26.5. The first-order chi connectivity index (χ1) is 24.3. The lowest BCUT2D eigenvalue weighted by atomic mass is 9.92. The summed E-state index contributed by atoms with van der Waals surface area (Å²) in [6.45, 7) is 0. The Hall–Kier alpha value is -6.16. The lowest BCUT2D eigenvalue weighted by Crippen LogP contribution is -1.98. The standard InChI is InChI=1S/C46H28N2S/c1-2-13-30(14-3-1)41-28-42(33-17-10-16-31(26-33)36-21-11-22-39-37-20-8-9-23-43(37)49-45(36)39)48-46(47-41)44-35-19-7-5-15-32(35)27-40-34-18-6-4-12-29(34)24-25-38(40)44/h1-28H. The average Bonchev–Trinajstić information content (AvgIpc) is 3.56. The van der Waals surface area contributed by atoms with Gasteiger partial charge in [0, 0.05) is 36.9 Å². The van der Waals surface area contributed by atoms with Crippen LogP contribution in [0.4, 0.5) is 0 Å². The van der Waals surface area contributed by atoms with Crippen molar-refractivity contribution in [1.82, 2.24) is 9.97 Å². The molecule has 0 amide bonds. The molecule has 0 fully saturated rings. The van der Waals surface area contributed by atoms with E-state index < -0.39 is 0 Å². The van der Waals surface area contributed by atoms with Crippen LogP contribution in [0.1, 0.15) is 0 Å². The molecule has 0 atom stereocenters. The van der Waals surface area contributed by atoms with E-state index in [1.165, 1.54) is 52.8 Å². The van der Waals surface area contributed by atoms with Crippen LogP contribution in [0.15, 0.2) is 170 Å². The van der Waals surface area contributed by atoms with Gasteiger partial charge in [-0.2, -0.15) is 0 Å². The van der Waals surface area contributed by atoms with Crippen molar-refractivity contribution in [1.29, 1.82) is 0 Å². The lowest BCUT2D eigenvalue weighted by molar-refractivity contribution is 1.19. The number of hydrogen-bond donors (Lipinski definition) is 0. The minimum Gasteiger partial charge on any atom is -0.228 e. The van der Waals surface area contributed by atoms with Crippen molar-refractivity contribution < 1.29 is 0 Å². The van der Waals surface area contributed by atoms with Crippen molar-refractivity contribution >= 4 is 63.8 Å². The van der Waals surface area contributed by atoms with Gasteiger partial charge in [-0.05, 0) is 67.7 Å². The molecule has 3 heteroatoms. The highest BCUT2D eigenvalue weighted by molar-refractivity contribution is 7.26. The minimum atomic E-state index is 0.727. The Balaban J connectivity index is 1.23.